The highest BCUT2D eigenvalue weighted by atomic mass is 16.5. The molecule has 5 nitrogen and oxygen atoms in total. The molecule has 2 rings (SSSR count). The summed E-state index contributed by atoms with van der Waals surface area (Å²) in [6.07, 6.45) is 4.09. The van der Waals surface area contributed by atoms with Crippen LogP contribution in [0, 0.1) is 0 Å². The zero-order chi connectivity index (χ0) is 17.9. The molecule has 1 aromatic rings. The zero-order valence-electron chi connectivity index (χ0n) is 15.7. The molecule has 1 fully saturated rings. The van der Waals surface area contributed by atoms with Crippen molar-refractivity contribution in [3.8, 4) is 0 Å². The van der Waals surface area contributed by atoms with Crippen LogP contribution in [0.3, 0.4) is 0 Å². The van der Waals surface area contributed by atoms with E-state index < -0.39 is 0 Å². The van der Waals surface area contributed by atoms with E-state index in [-0.39, 0.29) is 0 Å². The number of nitrogens with zero attached hydrogens (tertiary/aromatic N) is 3. The molecule has 0 bridgehead atoms. The van der Waals surface area contributed by atoms with E-state index >= 15 is 0 Å². The first-order valence-corrected chi connectivity index (χ1v) is 9.14. The third-order valence-electron chi connectivity index (χ3n) is 4.53. The third-order valence-corrected chi connectivity index (χ3v) is 4.53. The predicted molar refractivity (Wildman–Crippen MR) is 105 cm³/mol. The molecule has 138 valence electrons. The van der Waals surface area contributed by atoms with Crippen LogP contribution >= 0.6 is 0 Å². The number of unbranched alkanes of at least 4 members (excludes halogenated alkanes) is 1. The average Bonchev–Trinajstić information content (AvgIpc) is 2.64. The third kappa shape index (κ3) is 6.52. The highest BCUT2D eigenvalue weighted by Gasteiger charge is 2.13. The van der Waals surface area contributed by atoms with Crippen molar-refractivity contribution in [3.05, 3.63) is 48.0 Å². The summed E-state index contributed by atoms with van der Waals surface area (Å²) in [5.41, 5.74) is 2.70. The number of morpholine rings is 1. The van der Waals surface area contributed by atoms with Crippen LogP contribution in [0.2, 0.25) is 0 Å². The van der Waals surface area contributed by atoms with Gasteiger partial charge in [0.15, 0.2) is 5.96 Å². The molecule has 0 aliphatic carbocycles. The van der Waals surface area contributed by atoms with Crippen molar-refractivity contribution in [3.63, 3.8) is 0 Å². The molecule has 0 atom stereocenters. The molecule has 25 heavy (non-hydrogen) atoms. The Morgan fingerprint density at radius 2 is 2.04 bits per heavy atom. The summed E-state index contributed by atoms with van der Waals surface area (Å²) in [5, 5.41) is 3.50. The molecular formula is C20H32N4O. The molecule has 0 aromatic heterocycles. The van der Waals surface area contributed by atoms with Gasteiger partial charge >= 0.3 is 0 Å². The van der Waals surface area contributed by atoms with E-state index in [0.29, 0.717) is 0 Å². The molecule has 0 spiro atoms. The van der Waals surface area contributed by atoms with Gasteiger partial charge in [0.2, 0.25) is 0 Å². The van der Waals surface area contributed by atoms with Crippen LogP contribution in [0.4, 0.5) is 0 Å². The number of nitrogens with one attached hydrogen (secondary N) is 1. The topological polar surface area (TPSA) is 40.1 Å². The number of ether oxygens (including phenoxy) is 1. The molecule has 0 amide bonds. The van der Waals surface area contributed by atoms with Gasteiger partial charge in [0.25, 0.3) is 0 Å². The Morgan fingerprint density at radius 1 is 1.32 bits per heavy atom. The van der Waals surface area contributed by atoms with Crippen molar-refractivity contribution in [1.82, 2.24) is 15.1 Å². The van der Waals surface area contributed by atoms with E-state index in [2.05, 4.69) is 58.0 Å². The van der Waals surface area contributed by atoms with Crippen LogP contribution in [0.5, 0.6) is 0 Å². The fraction of sp³-hybridized carbons (Fsp3) is 0.550. The number of rotatable bonds is 8. The standard InChI is InChI=1S/C20H32N4O/c1-4-5-8-11-23(3)20(21-2)22-16-18-9-6-7-10-19(18)17-24-12-14-25-15-13-24/h4,6-7,9-10H,1,5,8,11-17H2,2-3H3,(H,21,22). The lowest BCUT2D eigenvalue weighted by Gasteiger charge is -2.28. The van der Waals surface area contributed by atoms with E-state index in [0.717, 1.165) is 64.7 Å². The summed E-state index contributed by atoms with van der Waals surface area (Å²) in [7, 11) is 3.92. The largest absolute Gasteiger partial charge is 0.379 e. The van der Waals surface area contributed by atoms with E-state index in [1.54, 1.807) is 0 Å². The quantitative estimate of drug-likeness (QED) is 0.340. The SMILES string of the molecule is C=CCCCN(C)C(=NC)NCc1ccccc1CN1CCOCC1. The molecule has 1 aliphatic heterocycles. The number of benzene rings is 1. The van der Waals surface area contributed by atoms with Crippen LogP contribution in [0.25, 0.3) is 0 Å². The zero-order valence-corrected chi connectivity index (χ0v) is 15.7. The molecule has 5 heteroatoms. The van der Waals surface area contributed by atoms with Gasteiger partial charge in [-0.25, -0.2) is 0 Å². The Balaban J connectivity index is 1.91. The summed E-state index contributed by atoms with van der Waals surface area (Å²) >= 11 is 0. The predicted octanol–water partition coefficient (Wildman–Crippen LogP) is 2.49. The van der Waals surface area contributed by atoms with Gasteiger partial charge in [-0.2, -0.15) is 0 Å². The number of guanidine groups is 1. The second-order valence-electron chi connectivity index (χ2n) is 6.41. The van der Waals surface area contributed by atoms with Crippen molar-refractivity contribution in [2.24, 2.45) is 4.99 Å². The van der Waals surface area contributed by atoms with Gasteiger partial charge in [0.05, 0.1) is 13.2 Å². The van der Waals surface area contributed by atoms with E-state index in [9.17, 15) is 0 Å². The maximum atomic E-state index is 5.45. The molecule has 0 radical (unpaired) electrons. The summed E-state index contributed by atoms with van der Waals surface area (Å²) in [6, 6.07) is 8.66. The molecular weight excluding hydrogens is 312 g/mol. The van der Waals surface area contributed by atoms with Gasteiger partial charge in [0.1, 0.15) is 0 Å². The fourth-order valence-corrected chi connectivity index (χ4v) is 3.02. The molecule has 0 saturated carbocycles. The van der Waals surface area contributed by atoms with Crippen LogP contribution in [-0.4, -0.2) is 62.7 Å². The molecule has 1 aromatic carbocycles. The van der Waals surface area contributed by atoms with Crippen molar-refractivity contribution in [2.45, 2.75) is 25.9 Å². The maximum Gasteiger partial charge on any atom is 0.193 e. The monoisotopic (exact) mass is 344 g/mol. The van der Waals surface area contributed by atoms with Crippen LogP contribution < -0.4 is 5.32 Å². The Morgan fingerprint density at radius 3 is 2.72 bits per heavy atom. The minimum absolute atomic E-state index is 0.791. The maximum absolute atomic E-state index is 5.45. The number of hydrogen-bond acceptors (Lipinski definition) is 3. The van der Waals surface area contributed by atoms with Gasteiger partial charge in [-0.3, -0.25) is 9.89 Å². The van der Waals surface area contributed by atoms with E-state index in [4.69, 9.17) is 4.74 Å². The number of aliphatic imine (C=N–C) groups is 1. The van der Waals surface area contributed by atoms with Crippen molar-refractivity contribution < 1.29 is 4.74 Å². The second kappa shape index (κ2) is 10.9. The Hall–Kier alpha value is -1.85. The highest BCUT2D eigenvalue weighted by molar-refractivity contribution is 5.79. The molecule has 1 N–H and O–H groups in total. The lowest BCUT2D eigenvalue weighted by Crippen LogP contribution is -2.39. The van der Waals surface area contributed by atoms with E-state index in [1.807, 2.05) is 13.1 Å². The Bertz CT molecular complexity index is 552. The van der Waals surface area contributed by atoms with Crippen LogP contribution in [-0.2, 0) is 17.8 Å². The van der Waals surface area contributed by atoms with Gasteiger partial charge in [0, 0.05) is 46.8 Å². The summed E-state index contributed by atoms with van der Waals surface area (Å²) in [5.74, 6) is 0.935. The van der Waals surface area contributed by atoms with Gasteiger partial charge < -0.3 is 15.0 Å². The second-order valence-corrected chi connectivity index (χ2v) is 6.41. The molecule has 1 saturated heterocycles. The van der Waals surface area contributed by atoms with Crippen molar-refractivity contribution in [1.29, 1.82) is 0 Å². The minimum atomic E-state index is 0.791. The number of hydrogen-bond donors (Lipinski definition) is 1. The number of allylic oxidation sites excluding steroid dienone is 1. The fourth-order valence-electron chi connectivity index (χ4n) is 3.02. The van der Waals surface area contributed by atoms with Gasteiger partial charge in [-0.1, -0.05) is 30.3 Å². The van der Waals surface area contributed by atoms with Gasteiger partial charge in [-0.15, -0.1) is 6.58 Å². The first-order valence-electron chi connectivity index (χ1n) is 9.14. The Kier molecular flexibility index (Phi) is 8.49. The lowest BCUT2D eigenvalue weighted by molar-refractivity contribution is 0.0341. The van der Waals surface area contributed by atoms with Crippen LogP contribution in [0.15, 0.2) is 41.9 Å². The van der Waals surface area contributed by atoms with Crippen molar-refractivity contribution >= 4 is 5.96 Å². The van der Waals surface area contributed by atoms with E-state index in [1.165, 1.54) is 11.1 Å². The molecule has 1 heterocycles. The summed E-state index contributed by atoms with van der Waals surface area (Å²) in [6.45, 7) is 10.2. The van der Waals surface area contributed by atoms with Crippen molar-refractivity contribution in [2.75, 3.05) is 46.9 Å². The lowest BCUT2D eigenvalue weighted by atomic mass is 10.1. The first-order chi connectivity index (χ1) is 12.2. The smallest absolute Gasteiger partial charge is 0.193 e. The Labute approximate surface area is 152 Å². The average molecular weight is 345 g/mol. The van der Waals surface area contributed by atoms with Crippen LogP contribution in [0.1, 0.15) is 24.0 Å². The highest BCUT2D eigenvalue weighted by Crippen LogP contribution is 2.13. The van der Waals surface area contributed by atoms with Gasteiger partial charge in [-0.05, 0) is 24.0 Å². The summed E-state index contributed by atoms with van der Waals surface area (Å²) in [4.78, 5) is 9.04. The first kappa shape index (κ1) is 19.5. The minimum Gasteiger partial charge on any atom is -0.379 e. The molecule has 1 aliphatic rings. The molecule has 0 unspecified atom stereocenters. The normalized spacial score (nSPS) is 15.8. The summed E-state index contributed by atoms with van der Waals surface area (Å²) < 4.78 is 5.45.